The first-order chi connectivity index (χ1) is 11.1. The molecule has 4 aliphatic carbocycles. The van der Waals surface area contributed by atoms with Crippen LogP contribution in [0.5, 0.6) is 0 Å². The van der Waals surface area contributed by atoms with Gasteiger partial charge in [0.15, 0.2) is 0 Å². The van der Waals surface area contributed by atoms with Crippen molar-refractivity contribution in [1.82, 2.24) is 4.90 Å². The summed E-state index contributed by atoms with van der Waals surface area (Å²) in [5.74, 6) is 2.96. The maximum atomic E-state index is 10.3. The van der Waals surface area contributed by atoms with Crippen molar-refractivity contribution >= 4 is 0 Å². The van der Waals surface area contributed by atoms with Crippen LogP contribution in [-0.2, 0) is 4.74 Å². The summed E-state index contributed by atoms with van der Waals surface area (Å²) in [7, 11) is 0. The normalized spacial score (nSPS) is 36.8. The molecule has 3 heteroatoms. The van der Waals surface area contributed by atoms with Crippen molar-refractivity contribution in [2.45, 2.75) is 71.3 Å². The Morgan fingerprint density at radius 2 is 1.52 bits per heavy atom. The van der Waals surface area contributed by atoms with E-state index in [0.29, 0.717) is 12.0 Å². The largest absolute Gasteiger partial charge is 0.389 e. The summed E-state index contributed by atoms with van der Waals surface area (Å²) >= 11 is 0. The molecule has 4 bridgehead atoms. The van der Waals surface area contributed by atoms with Gasteiger partial charge in [-0.1, -0.05) is 13.8 Å². The third-order valence-electron chi connectivity index (χ3n) is 6.43. The van der Waals surface area contributed by atoms with Crippen molar-refractivity contribution in [2.24, 2.45) is 23.2 Å². The predicted octanol–water partition coefficient (Wildman–Crippen LogP) is 3.70. The van der Waals surface area contributed by atoms with E-state index in [0.717, 1.165) is 56.8 Å². The van der Waals surface area contributed by atoms with E-state index in [1.54, 1.807) is 0 Å². The van der Waals surface area contributed by atoms with Crippen molar-refractivity contribution in [3.05, 3.63) is 0 Å². The van der Waals surface area contributed by atoms with Gasteiger partial charge in [0.2, 0.25) is 0 Å². The van der Waals surface area contributed by atoms with Gasteiger partial charge in [-0.05, 0) is 87.6 Å². The molecule has 0 spiro atoms. The van der Waals surface area contributed by atoms with Crippen LogP contribution in [0.15, 0.2) is 0 Å². The lowest BCUT2D eigenvalue weighted by molar-refractivity contribution is -0.107. The lowest BCUT2D eigenvalue weighted by atomic mass is 9.50. The topological polar surface area (TPSA) is 32.7 Å². The van der Waals surface area contributed by atoms with Crippen LogP contribution < -0.4 is 0 Å². The highest BCUT2D eigenvalue weighted by Gasteiger charge is 2.50. The summed E-state index contributed by atoms with van der Waals surface area (Å²) in [5, 5.41) is 10.3. The molecule has 4 aliphatic rings. The molecule has 0 aromatic heterocycles. The van der Waals surface area contributed by atoms with E-state index in [4.69, 9.17) is 4.74 Å². The summed E-state index contributed by atoms with van der Waals surface area (Å²) in [4.78, 5) is 2.37. The molecule has 134 valence electrons. The highest BCUT2D eigenvalue weighted by atomic mass is 16.5. The number of hydrogen-bond acceptors (Lipinski definition) is 3. The van der Waals surface area contributed by atoms with Gasteiger partial charge < -0.3 is 14.7 Å². The first-order valence-electron chi connectivity index (χ1n) is 10.1. The third-order valence-corrected chi connectivity index (χ3v) is 6.43. The predicted molar refractivity (Wildman–Crippen MR) is 94.5 cm³/mol. The van der Waals surface area contributed by atoms with Gasteiger partial charge in [-0.2, -0.15) is 0 Å². The fourth-order valence-corrected chi connectivity index (χ4v) is 6.16. The Morgan fingerprint density at radius 1 is 1.00 bits per heavy atom. The van der Waals surface area contributed by atoms with E-state index >= 15 is 0 Å². The Bertz CT molecular complexity index is 329. The molecule has 3 nitrogen and oxygen atoms in total. The maximum absolute atomic E-state index is 10.3. The summed E-state index contributed by atoms with van der Waals surface area (Å²) in [5.41, 5.74) is 0.473. The van der Waals surface area contributed by atoms with Crippen LogP contribution in [0.4, 0.5) is 0 Å². The van der Waals surface area contributed by atoms with Crippen LogP contribution in [0.3, 0.4) is 0 Å². The van der Waals surface area contributed by atoms with E-state index in [1.165, 1.54) is 38.5 Å². The molecule has 0 saturated heterocycles. The average molecular weight is 324 g/mol. The second kappa shape index (κ2) is 7.84. The fourth-order valence-electron chi connectivity index (χ4n) is 6.16. The summed E-state index contributed by atoms with van der Waals surface area (Å²) in [6.45, 7) is 8.76. The molecule has 1 atom stereocenters. The SMILES string of the molecule is CCCN(CCC)C[C@@H](O)COCC12CC3CC(CC(C3)C1)C2. The van der Waals surface area contributed by atoms with Crippen LogP contribution in [0.2, 0.25) is 0 Å². The van der Waals surface area contributed by atoms with Crippen LogP contribution in [0.25, 0.3) is 0 Å². The van der Waals surface area contributed by atoms with Crippen LogP contribution >= 0.6 is 0 Å². The van der Waals surface area contributed by atoms with Gasteiger partial charge in [0.05, 0.1) is 19.3 Å². The van der Waals surface area contributed by atoms with Gasteiger partial charge in [0, 0.05) is 6.54 Å². The minimum Gasteiger partial charge on any atom is -0.389 e. The van der Waals surface area contributed by atoms with E-state index in [9.17, 15) is 5.11 Å². The molecule has 0 unspecified atom stereocenters. The molecule has 0 aromatic carbocycles. The first kappa shape index (κ1) is 17.7. The lowest BCUT2D eigenvalue weighted by Gasteiger charge is -2.56. The number of aliphatic hydroxyl groups is 1. The molecule has 4 fully saturated rings. The average Bonchev–Trinajstić information content (AvgIpc) is 2.46. The molecule has 4 saturated carbocycles. The molecular weight excluding hydrogens is 286 g/mol. The number of aliphatic hydroxyl groups excluding tert-OH is 1. The molecule has 0 amide bonds. The molecule has 0 radical (unpaired) electrons. The van der Waals surface area contributed by atoms with Crippen LogP contribution in [0.1, 0.15) is 65.2 Å². The zero-order valence-electron chi connectivity index (χ0n) is 15.3. The molecule has 0 heterocycles. The maximum Gasteiger partial charge on any atom is 0.0900 e. The van der Waals surface area contributed by atoms with Gasteiger partial charge in [-0.25, -0.2) is 0 Å². The summed E-state index contributed by atoms with van der Waals surface area (Å²) in [6.07, 6.45) is 10.6. The minimum absolute atomic E-state index is 0.331. The molecule has 4 rings (SSSR count). The Labute approximate surface area is 142 Å². The van der Waals surface area contributed by atoms with Gasteiger partial charge in [-0.3, -0.25) is 0 Å². The highest BCUT2D eigenvalue weighted by molar-refractivity contribution is 5.01. The van der Waals surface area contributed by atoms with Crippen molar-refractivity contribution in [1.29, 1.82) is 0 Å². The summed E-state index contributed by atoms with van der Waals surface area (Å²) < 4.78 is 6.06. The molecule has 0 aliphatic heterocycles. The molecule has 23 heavy (non-hydrogen) atoms. The first-order valence-corrected chi connectivity index (χ1v) is 10.1. The summed E-state index contributed by atoms with van der Waals surface area (Å²) in [6, 6.07) is 0. The number of hydrogen-bond donors (Lipinski definition) is 1. The lowest BCUT2D eigenvalue weighted by Crippen LogP contribution is -2.48. The van der Waals surface area contributed by atoms with Gasteiger partial charge >= 0.3 is 0 Å². The van der Waals surface area contributed by atoms with E-state index in [-0.39, 0.29) is 6.10 Å². The van der Waals surface area contributed by atoms with E-state index < -0.39 is 0 Å². The number of ether oxygens (including phenoxy) is 1. The third kappa shape index (κ3) is 4.49. The van der Waals surface area contributed by atoms with Gasteiger partial charge in [-0.15, -0.1) is 0 Å². The van der Waals surface area contributed by atoms with Crippen molar-refractivity contribution in [3.63, 3.8) is 0 Å². The fraction of sp³-hybridized carbons (Fsp3) is 1.00. The molecular formula is C20H37NO2. The van der Waals surface area contributed by atoms with Crippen molar-refractivity contribution in [3.8, 4) is 0 Å². The second-order valence-corrected chi connectivity index (χ2v) is 8.89. The molecule has 1 N–H and O–H groups in total. The quantitative estimate of drug-likeness (QED) is 0.665. The molecule has 0 aromatic rings. The number of rotatable bonds is 10. The van der Waals surface area contributed by atoms with Gasteiger partial charge in [0.25, 0.3) is 0 Å². The Morgan fingerprint density at radius 3 is 2.00 bits per heavy atom. The van der Waals surface area contributed by atoms with Gasteiger partial charge in [0.1, 0.15) is 0 Å². The van der Waals surface area contributed by atoms with E-state index in [2.05, 4.69) is 18.7 Å². The van der Waals surface area contributed by atoms with E-state index in [1.807, 2.05) is 0 Å². The van der Waals surface area contributed by atoms with Crippen molar-refractivity contribution < 1.29 is 9.84 Å². The Balaban J connectivity index is 1.40. The minimum atomic E-state index is -0.331. The zero-order valence-corrected chi connectivity index (χ0v) is 15.3. The Kier molecular flexibility index (Phi) is 6.03. The highest BCUT2D eigenvalue weighted by Crippen LogP contribution is 2.60. The smallest absolute Gasteiger partial charge is 0.0900 e. The second-order valence-electron chi connectivity index (χ2n) is 8.89. The Hall–Kier alpha value is -0.120. The monoisotopic (exact) mass is 323 g/mol. The van der Waals surface area contributed by atoms with Crippen LogP contribution in [0, 0.1) is 23.2 Å². The number of nitrogens with zero attached hydrogens (tertiary/aromatic N) is 1. The van der Waals surface area contributed by atoms with Crippen molar-refractivity contribution in [2.75, 3.05) is 32.8 Å². The zero-order chi connectivity index (χ0) is 16.3. The standard InChI is InChI=1S/C20H37NO2/c1-3-5-21(6-4-2)13-19(22)14-23-15-20-10-16-7-17(11-20)9-18(8-16)12-20/h16-19,22H,3-15H2,1-2H3/t16?,17?,18?,19-,20?/m1/s1. The van der Waals surface area contributed by atoms with Crippen LogP contribution in [-0.4, -0.2) is 49.0 Å².